The first-order chi connectivity index (χ1) is 14.5. The number of H-pyrrole nitrogens is 1. The first-order valence-electron chi connectivity index (χ1n) is 8.89. The maximum Gasteiger partial charge on any atom is 0.253 e. The Morgan fingerprint density at radius 1 is 1.10 bits per heavy atom. The summed E-state index contributed by atoms with van der Waals surface area (Å²) in [5.41, 5.74) is 1.82. The number of fused-ring (bicyclic) bond motifs is 1. The maximum atomic E-state index is 12.8. The van der Waals surface area contributed by atoms with E-state index in [1.165, 1.54) is 30.5 Å². The van der Waals surface area contributed by atoms with Gasteiger partial charge < -0.3 is 5.32 Å². The van der Waals surface area contributed by atoms with E-state index in [1.54, 1.807) is 36.5 Å². The van der Waals surface area contributed by atoms with Gasteiger partial charge in [0.25, 0.3) is 5.91 Å². The van der Waals surface area contributed by atoms with Crippen LogP contribution in [-0.4, -0.2) is 29.5 Å². The summed E-state index contributed by atoms with van der Waals surface area (Å²) in [7, 11) is -3.82. The Hall–Kier alpha value is -4.03. The lowest BCUT2D eigenvalue weighted by atomic mass is 10.2. The smallest absolute Gasteiger partial charge is 0.253 e. The van der Waals surface area contributed by atoms with Crippen molar-refractivity contribution in [1.82, 2.24) is 20.5 Å². The van der Waals surface area contributed by atoms with Gasteiger partial charge in [0.1, 0.15) is 6.07 Å². The average molecular weight is 417 g/mol. The summed E-state index contributed by atoms with van der Waals surface area (Å²) < 4.78 is 25.7. The largest absolute Gasteiger partial charge is 0.348 e. The summed E-state index contributed by atoms with van der Waals surface area (Å²) in [6.45, 7) is 0.220. The van der Waals surface area contributed by atoms with Gasteiger partial charge in [0, 0.05) is 18.1 Å². The van der Waals surface area contributed by atoms with Gasteiger partial charge in [-0.2, -0.15) is 10.4 Å². The number of carbonyl (C=O) groups is 1. The van der Waals surface area contributed by atoms with Gasteiger partial charge in [-0.15, -0.1) is 0 Å². The van der Waals surface area contributed by atoms with Gasteiger partial charge in [0.2, 0.25) is 9.84 Å². The number of hydrogen-bond acceptors (Lipinski definition) is 6. The van der Waals surface area contributed by atoms with Crippen molar-refractivity contribution < 1.29 is 13.2 Å². The van der Waals surface area contributed by atoms with Crippen molar-refractivity contribution in [1.29, 1.82) is 5.26 Å². The minimum absolute atomic E-state index is 0.0318. The van der Waals surface area contributed by atoms with E-state index in [1.807, 2.05) is 6.07 Å². The number of nitrogens with zero attached hydrogens (tertiary/aromatic N) is 3. The van der Waals surface area contributed by atoms with Crippen LogP contribution < -0.4 is 5.32 Å². The van der Waals surface area contributed by atoms with E-state index in [4.69, 9.17) is 0 Å². The van der Waals surface area contributed by atoms with Crippen LogP contribution in [0.1, 0.15) is 21.5 Å². The number of aromatic nitrogens is 3. The molecule has 0 spiro atoms. The molecular weight excluding hydrogens is 402 g/mol. The second-order valence-corrected chi connectivity index (χ2v) is 8.39. The number of nitrogens with one attached hydrogen (secondary N) is 2. The van der Waals surface area contributed by atoms with Crippen molar-refractivity contribution in [2.75, 3.05) is 0 Å². The molecule has 2 heterocycles. The fourth-order valence-electron chi connectivity index (χ4n) is 2.95. The standard InChI is InChI=1S/C21H15N5O3S/c22-10-15-3-1-2-4-19(15)30(28,29)18-7-5-14(6-8-18)11-24-21(27)17-9-16-13-25-26-20(16)23-12-17/h1-9,12-13H,11H2,(H,24,27)(H,23,25,26). The van der Waals surface area contributed by atoms with Crippen LogP contribution in [0.5, 0.6) is 0 Å². The van der Waals surface area contributed by atoms with Crippen LogP contribution in [0, 0.1) is 11.3 Å². The van der Waals surface area contributed by atoms with Crippen molar-refractivity contribution in [2.24, 2.45) is 0 Å². The molecule has 0 aliphatic rings. The minimum Gasteiger partial charge on any atom is -0.348 e. The Kier molecular flexibility index (Phi) is 5.00. The van der Waals surface area contributed by atoms with Crippen LogP contribution in [0.4, 0.5) is 0 Å². The molecular formula is C21H15N5O3S. The molecule has 0 saturated carbocycles. The number of nitriles is 1. The molecule has 148 valence electrons. The molecule has 9 heteroatoms. The highest BCUT2D eigenvalue weighted by Gasteiger charge is 2.21. The number of sulfone groups is 1. The summed E-state index contributed by atoms with van der Waals surface area (Å²) in [5, 5.41) is 19.3. The summed E-state index contributed by atoms with van der Waals surface area (Å²) in [6, 6.07) is 15.8. The monoisotopic (exact) mass is 417 g/mol. The van der Waals surface area contributed by atoms with Crippen LogP contribution >= 0.6 is 0 Å². The van der Waals surface area contributed by atoms with Crippen molar-refractivity contribution in [3.05, 3.63) is 83.7 Å². The molecule has 0 radical (unpaired) electrons. The number of pyridine rings is 1. The van der Waals surface area contributed by atoms with Crippen LogP contribution in [0.15, 0.2) is 76.8 Å². The number of benzene rings is 2. The lowest BCUT2D eigenvalue weighted by molar-refractivity contribution is 0.0950. The fourth-order valence-corrected chi connectivity index (χ4v) is 4.36. The Morgan fingerprint density at radius 2 is 1.87 bits per heavy atom. The van der Waals surface area contributed by atoms with E-state index < -0.39 is 9.84 Å². The first kappa shape index (κ1) is 19.3. The van der Waals surface area contributed by atoms with Crippen molar-refractivity contribution in [3.8, 4) is 6.07 Å². The third-order valence-electron chi connectivity index (χ3n) is 4.54. The molecule has 0 bridgehead atoms. The Morgan fingerprint density at radius 3 is 2.63 bits per heavy atom. The Bertz CT molecular complexity index is 1390. The fraction of sp³-hybridized carbons (Fsp3) is 0.0476. The lowest BCUT2D eigenvalue weighted by Crippen LogP contribution is -2.22. The van der Waals surface area contributed by atoms with Gasteiger partial charge in [-0.1, -0.05) is 24.3 Å². The molecule has 0 aliphatic heterocycles. The van der Waals surface area contributed by atoms with Gasteiger partial charge in [-0.25, -0.2) is 13.4 Å². The quantitative estimate of drug-likeness (QED) is 0.514. The van der Waals surface area contributed by atoms with E-state index in [0.29, 0.717) is 11.2 Å². The molecule has 4 rings (SSSR count). The SMILES string of the molecule is N#Cc1ccccc1S(=O)(=O)c1ccc(CNC(=O)c2cnc3[nH]ncc3c2)cc1. The molecule has 0 saturated heterocycles. The highest BCUT2D eigenvalue weighted by molar-refractivity contribution is 7.91. The highest BCUT2D eigenvalue weighted by atomic mass is 32.2. The number of carbonyl (C=O) groups excluding carboxylic acids is 1. The molecule has 0 atom stereocenters. The molecule has 2 aromatic heterocycles. The zero-order valence-electron chi connectivity index (χ0n) is 15.5. The van der Waals surface area contributed by atoms with Crippen molar-refractivity contribution in [3.63, 3.8) is 0 Å². The Balaban J connectivity index is 1.48. The minimum atomic E-state index is -3.82. The lowest BCUT2D eigenvalue weighted by Gasteiger charge is -2.08. The van der Waals surface area contributed by atoms with E-state index >= 15 is 0 Å². The topological polar surface area (TPSA) is 129 Å². The van der Waals surface area contributed by atoms with Crippen molar-refractivity contribution >= 4 is 26.8 Å². The molecule has 0 unspecified atom stereocenters. The second-order valence-electron chi connectivity index (χ2n) is 6.47. The summed E-state index contributed by atoms with van der Waals surface area (Å²) >= 11 is 0. The third kappa shape index (κ3) is 3.64. The van der Waals surface area contributed by atoms with E-state index in [9.17, 15) is 18.5 Å². The van der Waals surface area contributed by atoms with Gasteiger partial charge in [0.05, 0.1) is 27.1 Å². The van der Waals surface area contributed by atoms with Crippen LogP contribution in [0.3, 0.4) is 0 Å². The number of rotatable bonds is 5. The maximum absolute atomic E-state index is 12.8. The predicted octanol–water partition coefficient (Wildman–Crippen LogP) is 2.59. The van der Waals surface area contributed by atoms with Gasteiger partial charge in [-0.05, 0) is 35.9 Å². The van der Waals surface area contributed by atoms with Gasteiger partial charge in [0.15, 0.2) is 5.65 Å². The van der Waals surface area contributed by atoms with Crippen LogP contribution in [-0.2, 0) is 16.4 Å². The molecule has 2 N–H and O–H groups in total. The van der Waals surface area contributed by atoms with E-state index in [0.717, 1.165) is 10.9 Å². The average Bonchev–Trinajstić information content (AvgIpc) is 3.25. The normalized spacial score (nSPS) is 11.2. The number of aromatic amines is 1. The highest BCUT2D eigenvalue weighted by Crippen LogP contribution is 2.24. The number of hydrogen-bond donors (Lipinski definition) is 2. The summed E-state index contributed by atoms with van der Waals surface area (Å²) in [5.74, 6) is -0.301. The predicted molar refractivity (Wildman–Crippen MR) is 108 cm³/mol. The van der Waals surface area contributed by atoms with Crippen molar-refractivity contribution in [2.45, 2.75) is 16.3 Å². The van der Waals surface area contributed by atoms with Crippen LogP contribution in [0.25, 0.3) is 11.0 Å². The molecule has 4 aromatic rings. The second kappa shape index (κ2) is 7.77. The van der Waals surface area contributed by atoms with E-state index in [2.05, 4.69) is 20.5 Å². The molecule has 30 heavy (non-hydrogen) atoms. The number of amides is 1. The van der Waals surface area contributed by atoms with E-state index in [-0.39, 0.29) is 27.8 Å². The van der Waals surface area contributed by atoms with Crippen LogP contribution in [0.2, 0.25) is 0 Å². The third-order valence-corrected chi connectivity index (χ3v) is 6.36. The molecule has 8 nitrogen and oxygen atoms in total. The zero-order chi connectivity index (χ0) is 21.1. The Labute approximate surface area is 172 Å². The first-order valence-corrected chi connectivity index (χ1v) is 10.4. The molecule has 0 fully saturated rings. The summed E-state index contributed by atoms with van der Waals surface area (Å²) in [4.78, 5) is 16.5. The molecule has 2 aromatic carbocycles. The molecule has 0 aliphatic carbocycles. The zero-order valence-corrected chi connectivity index (χ0v) is 16.3. The molecule has 1 amide bonds. The van der Waals surface area contributed by atoms with Gasteiger partial charge >= 0.3 is 0 Å². The van der Waals surface area contributed by atoms with Gasteiger partial charge in [-0.3, -0.25) is 9.89 Å². The summed E-state index contributed by atoms with van der Waals surface area (Å²) in [6.07, 6.45) is 3.04.